The van der Waals surface area contributed by atoms with Gasteiger partial charge in [-0.15, -0.1) is 5.10 Å². The van der Waals surface area contributed by atoms with Gasteiger partial charge >= 0.3 is 0 Å². The molecule has 1 heterocycles. The summed E-state index contributed by atoms with van der Waals surface area (Å²) in [4.78, 5) is 0. The topological polar surface area (TPSA) is 61.0 Å². The zero-order valence-corrected chi connectivity index (χ0v) is 12.0. The van der Waals surface area contributed by atoms with Gasteiger partial charge in [0.2, 0.25) is 5.88 Å². The predicted octanol–water partition coefficient (Wildman–Crippen LogP) is 3.13. The molecule has 0 atom stereocenters. The fraction of sp³-hybridized carbons (Fsp3) is 0.333. The predicted molar refractivity (Wildman–Crippen MR) is 75.1 cm³/mol. The van der Waals surface area contributed by atoms with E-state index in [0.717, 1.165) is 42.3 Å². The molecule has 0 aliphatic heterocycles. The molecule has 0 amide bonds. The Balaban J connectivity index is 2.44. The van der Waals surface area contributed by atoms with E-state index in [1.165, 1.54) is 0 Å². The number of hydrogen-bond donors (Lipinski definition) is 1. The van der Waals surface area contributed by atoms with Gasteiger partial charge in [-0.05, 0) is 18.4 Å². The molecule has 1 aromatic carbocycles. The van der Waals surface area contributed by atoms with Crippen molar-refractivity contribution in [1.82, 2.24) is 10.2 Å². The lowest BCUT2D eigenvalue weighted by molar-refractivity contribution is 0.436. The van der Waals surface area contributed by atoms with Crippen molar-refractivity contribution >= 4 is 0 Å². The fourth-order valence-corrected chi connectivity index (χ4v) is 2.22. The van der Waals surface area contributed by atoms with Gasteiger partial charge in [-0.1, -0.05) is 13.8 Å². The highest BCUT2D eigenvalue weighted by molar-refractivity contribution is 5.39. The van der Waals surface area contributed by atoms with Crippen LogP contribution in [0.4, 0.5) is 8.78 Å². The Bertz CT molecular complexity index is 627. The Labute approximate surface area is 122 Å². The zero-order chi connectivity index (χ0) is 15.4. The number of benzene rings is 1. The molecule has 2 N–H and O–H groups in total. The van der Waals surface area contributed by atoms with Gasteiger partial charge in [-0.25, -0.2) is 8.78 Å². The van der Waals surface area contributed by atoms with Crippen LogP contribution >= 0.6 is 0 Å². The van der Waals surface area contributed by atoms with Crippen LogP contribution in [-0.4, -0.2) is 10.2 Å². The van der Waals surface area contributed by atoms with E-state index in [1.54, 1.807) is 0 Å². The average Bonchev–Trinajstić information content (AvgIpc) is 2.45. The summed E-state index contributed by atoms with van der Waals surface area (Å²) in [6.45, 7) is 4.19. The van der Waals surface area contributed by atoms with Crippen molar-refractivity contribution in [3.05, 3.63) is 46.7 Å². The quantitative estimate of drug-likeness (QED) is 0.920. The number of nitrogens with zero attached hydrogens (tertiary/aromatic N) is 2. The SMILES string of the molecule is CCc1nnc(Oc2cc(F)cc(F)c2)c(CN)c1CC. The maximum absolute atomic E-state index is 13.2. The minimum atomic E-state index is -0.715. The highest BCUT2D eigenvalue weighted by Crippen LogP contribution is 2.27. The minimum absolute atomic E-state index is 0.0304. The lowest BCUT2D eigenvalue weighted by Crippen LogP contribution is -2.10. The van der Waals surface area contributed by atoms with Crippen LogP contribution in [0.5, 0.6) is 11.6 Å². The summed E-state index contributed by atoms with van der Waals surface area (Å²) >= 11 is 0. The molecule has 4 nitrogen and oxygen atoms in total. The van der Waals surface area contributed by atoms with Crippen molar-refractivity contribution in [2.75, 3.05) is 0 Å². The maximum atomic E-state index is 13.2. The Morgan fingerprint density at radius 3 is 2.19 bits per heavy atom. The van der Waals surface area contributed by atoms with Crippen molar-refractivity contribution in [2.45, 2.75) is 33.2 Å². The second kappa shape index (κ2) is 6.58. The van der Waals surface area contributed by atoms with Gasteiger partial charge in [0.1, 0.15) is 17.4 Å². The first-order chi connectivity index (χ1) is 10.1. The van der Waals surface area contributed by atoms with Crippen LogP contribution in [0.15, 0.2) is 18.2 Å². The number of hydrogen-bond acceptors (Lipinski definition) is 4. The van der Waals surface area contributed by atoms with E-state index in [2.05, 4.69) is 10.2 Å². The van der Waals surface area contributed by atoms with Gasteiger partial charge in [0.25, 0.3) is 0 Å². The van der Waals surface area contributed by atoms with E-state index in [-0.39, 0.29) is 18.2 Å². The first-order valence-corrected chi connectivity index (χ1v) is 6.80. The molecular weight excluding hydrogens is 276 g/mol. The van der Waals surface area contributed by atoms with Gasteiger partial charge < -0.3 is 10.5 Å². The van der Waals surface area contributed by atoms with Crippen LogP contribution in [-0.2, 0) is 19.4 Å². The van der Waals surface area contributed by atoms with Crippen molar-refractivity contribution < 1.29 is 13.5 Å². The maximum Gasteiger partial charge on any atom is 0.243 e. The third-order valence-corrected chi connectivity index (χ3v) is 3.18. The molecule has 112 valence electrons. The van der Waals surface area contributed by atoms with Crippen LogP contribution in [0.25, 0.3) is 0 Å². The van der Waals surface area contributed by atoms with Crippen molar-refractivity contribution in [3.8, 4) is 11.6 Å². The smallest absolute Gasteiger partial charge is 0.243 e. The van der Waals surface area contributed by atoms with Crippen LogP contribution in [0.3, 0.4) is 0 Å². The number of aromatic nitrogens is 2. The number of halogens is 2. The van der Waals surface area contributed by atoms with E-state index < -0.39 is 11.6 Å². The normalized spacial score (nSPS) is 10.7. The van der Waals surface area contributed by atoms with E-state index in [1.807, 2.05) is 13.8 Å². The molecule has 0 bridgehead atoms. The lowest BCUT2D eigenvalue weighted by atomic mass is 10.0. The number of aryl methyl sites for hydroxylation is 1. The third-order valence-electron chi connectivity index (χ3n) is 3.18. The molecule has 2 rings (SSSR count). The summed E-state index contributed by atoms with van der Waals surface area (Å²) in [7, 11) is 0. The molecule has 1 aromatic heterocycles. The fourth-order valence-electron chi connectivity index (χ4n) is 2.22. The molecule has 0 unspecified atom stereocenters. The van der Waals surface area contributed by atoms with Crippen LogP contribution in [0.2, 0.25) is 0 Å². The first-order valence-electron chi connectivity index (χ1n) is 6.80. The molecule has 0 saturated carbocycles. The van der Waals surface area contributed by atoms with Gasteiger partial charge in [0.05, 0.1) is 5.69 Å². The van der Waals surface area contributed by atoms with E-state index in [4.69, 9.17) is 10.5 Å². The van der Waals surface area contributed by atoms with Gasteiger partial charge in [-0.2, -0.15) is 5.10 Å². The lowest BCUT2D eigenvalue weighted by Gasteiger charge is -2.14. The molecule has 2 aromatic rings. The monoisotopic (exact) mass is 293 g/mol. The Morgan fingerprint density at radius 1 is 1.00 bits per heavy atom. The summed E-state index contributed by atoms with van der Waals surface area (Å²) in [6, 6.07) is 2.95. The van der Waals surface area contributed by atoms with Crippen molar-refractivity contribution in [1.29, 1.82) is 0 Å². The van der Waals surface area contributed by atoms with Gasteiger partial charge in [0, 0.05) is 30.3 Å². The van der Waals surface area contributed by atoms with Crippen molar-refractivity contribution in [2.24, 2.45) is 5.73 Å². The highest BCUT2D eigenvalue weighted by Gasteiger charge is 2.15. The van der Waals surface area contributed by atoms with Gasteiger partial charge in [-0.3, -0.25) is 0 Å². The molecule has 0 radical (unpaired) electrons. The Kier molecular flexibility index (Phi) is 4.80. The second-order valence-corrected chi connectivity index (χ2v) is 4.53. The van der Waals surface area contributed by atoms with E-state index in [9.17, 15) is 8.78 Å². The summed E-state index contributed by atoms with van der Waals surface area (Å²) in [5.41, 5.74) is 8.32. The Hall–Kier alpha value is -2.08. The second-order valence-electron chi connectivity index (χ2n) is 4.53. The third kappa shape index (κ3) is 3.33. The molecule has 0 fully saturated rings. The largest absolute Gasteiger partial charge is 0.437 e. The van der Waals surface area contributed by atoms with Crippen LogP contribution in [0, 0.1) is 11.6 Å². The summed E-state index contributed by atoms with van der Waals surface area (Å²) in [6.07, 6.45) is 1.47. The number of nitrogens with two attached hydrogens (primary N) is 1. The van der Waals surface area contributed by atoms with E-state index in [0.29, 0.717) is 5.56 Å². The van der Waals surface area contributed by atoms with Gasteiger partial charge in [0.15, 0.2) is 0 Å². The van der Waals surface area contributed by atoms with Crippen LogP contribution in [0.1, 0.15) is 30.7 Å². The van der Waals surface area contributed by atoms with Crippen LogP contribution < -0.4 is 10.5 Å². The molecule has 0 saturated heterocycles. The van der Waals surface area contributed by atoms with Crippen molar-refractivity contribution in [3.63, 3.8) is 0 Å². The summed E-state index contributed by atoms with van der Waals surface area (Å²) < 4.78 is 31.9. The molecule has 6 heteroatoms. The standard InChI is InChI=1S/C15H17F2N3O/c1-3-12-13(8-18)15(20-19-14(12)4-2)21-11-6-9(16)5-10(17)7-11/h5-7H,3-4,8,18H2,1-2H3. The van der Waals surface area contributed by atoms with E-state index >= 15 is 0 Å². The molecule has 0 aliphatic rings. The Morgan fingerprint density at radius 2 is 1.67 bits per heavy atom. The number of ether oxygens (including phenoxy) is 1. The summed E-state index contributed by atoms with van der Waals surface area (Å²) in [5, 5.41) is 8.09. The number of rotatable bonds is 5. The molecule has 0 spiro atoms. The molecule has 0 aliphatic carbocycles. The zero-order valence-electron chi connectivity index (χ0n) is 12.0. The summed E-state index contributed by atoms with van der Waals surface area (Å²) in [5.74, 6) is -1.21. The molecule has 21 heavy (non-hydrogen) atoms. The molecular formula is C15H17F2N3O. The minimum Gasteiger partial charge on any atom is -0.437 e. The highest BCUT2D eigenvalue weighted by atomic mass is 19.1. The average molecular weight is 293 g/mol. The first kappa shape index (κ1) is 15.3.